The van der Waals surface area contributed by atoms with Crippen molar-refractivity contribution in [1.82, 2.24) is 4.90 Å². The standard InChI is InChI=1S/C45H47NO4/c1-44(2,3)49-42(47)46(43(48)50-45(4,5)6)28-18-8-7-9-27-37-38-33-23-14-10-19-29(33)31-21-12-16-25-35(31)40(38)41-36-26-17-13-22-32(36)30-20-11-15-24-34(30)39(37)41/h10-17,19-26,37H,7-9,18,27-28H2,1-6H3. The van der Waals surface area contributed by atoms with Crippen LogP contribution in [0.2, 0.25) is 0 Å². The highest BCUT2D eigenvalue weighted by molar-refractivity contribution is 6.25. The average Bonchev–Trinajstić information content (AvgIpc) is 3.42. The lowest BCUT2D eigenvalue weighted by molar-refractivity contribution is 0.00117. The summed E-state index contributed by atoms with van der Waals surface area (Å²) in [5.74, 6) is 0.240. The van der Waals surface area contributed by atoms with Gasteiger partial charge in [-0.25, -0.2) is 14.5 Å². The Kier molecular flexibility index (Phi) is 8.80. The predicted octanol–water partition coefficient (Wildman–Crippen LogP) is 12.5. The number of carbonyl (C=O) groups is 2. The van der Waals surface area contributed by atoms with E-state index >= 15 is 0 Å². The molecule has 7 rings (SSSR count). The van der Waals surface area contributed by atoms with Crippen LogP contribution in [0.5, 0.6) is 0 Å². The van der Waals surface area contributed by atoms with Crippen LogP contribution in [-0.4, -0.2) is 34.8 Å². The zero-order valence-corrected chi connectivity index (χ0v) is 30.1. The van der Waals surface area contributed by atoms with Crippen LogP contribution in [0.4, 0.5) is 9.59 Å². The first-order chi connectivity index (χ1) is 23.9. The Balaban J connectivity index is 1.21. The van der Waals surface area contributed by atoms with Gasteiger partial charge in [0.1, 0.15) is 11.2 Å². The number of hydrogen-bond acceptors (Lipinski definition) is 4. The van der Waals surface area contributed by atoms with Crippen molar-refractivity contribution >= 4 is 55.3 Å². The molecule has 0 radical (unpaired) electrons. The third-order valence-corrected chi connectivity index (χ3v) is 9.75. The molecule has 5 heteroatoms. The maximum atomic E-state index is 13.0. The van der Waals surface area contributed by atoms with E-state index in [1.807, 2.05) is 0 Å². The minimum atomic E-state index is -0.712. The largest absolute Gasteiger partial charge is 0.443 e. The van der Waals surface area contributed by atoms with Crippen LogP contribution >= 0.6 is 0 Å². The smallest absolute Gasteiger partial charge is 0.419 e. The normalized spacial score (nSPS) is 13.2. The van der Waals surface area contributed by atoms with Gasteiger partial charge in [-0.2, -0.15) is 0 Å². The second-order valence-electron chi connectivity index (χ2n) is 15.6. The molecule has 0 aliphatic heterocycles. The molecule has 0 saturated heterocycles. The number of benzene rings is 6. The summed E-state index contributed by atoms with van der Waals surface area (Å²) in [7, 11) is 0. The van der Waals surface area contributed by atoms with Crippen LogP contribution in [0.1, 0.15) is 90.7 Å². The predicted molar refractivity (Wildman–Crippen MR) is 206 cm³/mol. The van der Waals surface area contributed by atoms with Gasteiger partial charge in [-0.05, 0) is 120 Å². The fourth-order valence-electron chi connectivity index (χ4n) is 7.90. The fraction of sp³-hybridized carbons (Fsp3) is 0.333. The van der Waals surface area contributed by atoms with Crippen LogP contribution in [-0.2, 0) is 9.47 Å². The van der Waals surface area contributed by atoms with Gasteiger partial charge in [-0.3, -0.25) is 0 Å². The molecule has 50 heavy (non-hydrogen) atoms. The maximum absolute atomic E-state index is 13.0. The molecule has 0 fully saturated rings. The highest BCUT2D eigenvalue weighted by atomic mass is 16.6. The molecule has 0 spiro atoms. The van der Waals surface area contributed by atoms with E-state index in [0.717, 1.165) is 30.6 Å². The number of unbranched alkanes of at least 4 members (excludes halogenated alkanes) is 3. The summed E-state index contributed by atoms with van der Waals surface area (Å²) in [6.07, 6.45) is 3.24. The van der Waals surface area contributed by atoms with Gasteiger partial charge in [0.05, 0.1) is 0 Å². The zero-order valence-electron chi connectivity index (χ0n) is 30.1. The molecule has 1 aliphatic rings. The average molecular weight is 666 g/mol. The fourth-order valence-corrected chi connectivity index (χ4v) is 7.90. The summed E-state index contributed by atoms with van der Waals surface area (Å²) >= 11 is 0. The molecular formula is C45H47NO4. The number of ether oxygens (including phenoxy) is 2. The second-order valence-corrected chi connectivity index (χ2v) is 15.6. The quantitative estimate of drug-likeness (QED) is 0.126. The van der Waals surface area contributed by atoms with Gasteiger partial charge >= 0.3 is 12.2 Å². The van der Waals surface area contributed by atoms with Crippen LogP contribution in [0, 0.1) is 0 Å². The van der Waals surface area contributed by atoms with E-state index in [9.17, 15) is 9.59 Å². The van der Waals surface area contributed by atoms with Crippen LogP contribution in [0.15, 0.2) is 97.1 Å². The molecule has 256 valence electrons. The van der Waals surface area contributed by atoms with Crippen molar-refractivity contribution < 1.29 is 19.1 Å². The van der Waals surface area contributed by atoms with Crippen LogP contribution in [0.25, 0.3) is 54.2 Å². The third kappa shape index (κ3) is 6.30. The lowest BCUT2D eigenvalue weighted by Crippen LogP contribution is -2.44. The van der Waals surface area contributed by atoms with Crippen molar-refractivity contribution in [3.05, 3.63) is 108 Å². The topological polar surface area (TPSA) is 55.8 Å². The Bertz CT molecular complexity index is 2100. The van der Waals surface area contributed by atoms with Crippen molar-refractivity contribution in [1.29, 1.82) is 0 Å². The van der Waals surface area contributed by atoms with E-state index in [2.05, 4.69) is 97.1 Å². The van der Waals surface area contributed by atoms with E-state index in [1.165, 1.54) is 65.3 Å². The Morgan fingerprint density at radius 1 is 0.500 bits per heavy atom. The summed E-state index contributed by atoms with van der Waals surface area (Å²) < 4.78 is 11.1. The van der Waals surface area contributed by atoms with E-state index in [0.29, 0.717) is 6.42 Å². The number of rotatable bonds is 7. The molecule has 0 saturated carbocycles. The third-order valence-electron chi connectivity index (χ3n) is 9.75. The zero-order chi connectivity index (χ0) is 35.2. The van der Waals surface area contributed by atoms with Gasteiger partial charge in [-0.15, -0.1) is 0 Å². The summed E-state index contributed by atoms with van der Waals surface area (Å²) in [5, 5.41) is 10.5. The SMILES string of the molecule is CC(C)(C)OC(=O)N(CCCCCCC1c2c(c3ccccc3c3ccccc23)-c2c1c1ccccc1c1ccccc21)C(=O)OC(C)(C)C. The van der Waals surface area contributed by atoms with Gasteiger partial charge in [0.2, 0.25) is 0 Å². The molecular weight excluding hydrogens is 618 g/mol. The van der Waals surface area contributed by atoms with Crippen molar-refractivity contribution in [2.45, 2.75) is 90.8 Å². The lowest BCUT2D eigenvalue weighted by atomic mass is 9.84. The number of fused-ring (bicyclic) bond motifs is 13. The molecule has 2 amide bonds. The summed E-state index contributed by atoms with van der Waals surface area (Å²) in [6, 6.07) is 35.6. The minimum absolute atomic E-state index is 0.240. The van der Waals surface area contributed by atoms with Gasteiger partial charge < -0.3 is 9.47 Å². The molecule has 0 bridgehead atoms. The maximum Gasteiger partial charge on any atom is 0.419 e. The highest BCUT2D eigenvalue weighted by Gasteiger charge is 2.35. The monoisotopic (exact) mass is 665 g/mol. The molecule has 0 heterocycles. The molecule has 0 atom stereocenters. The molecule has 1 aliphatic carbocycles. The Hall–Kier alpha value is -4.90. The number of imide groups is 1. The van der Waals surface area contributed by atoms with Crippen molar-refractivity contribution in [2.24, 2.45) is 0 Å². The molecule has 0 N–H and O–H groups in total. The summed E-state index contributed by atoms with van der Waals surface area (Å²) in [4.78, 5) is 27.2. The van der Waals surface area contributed by atoms with E-state index in [-0.39, 0.29) is 12.5 Å². The van der Waals surface area contributed by atoms with Gasteiger partial charge in [0, 0.05) is 12.5 Å². The van der Waals surface area contributed by atoms with Crippen LogP contribution in [0.3, 0.4) is 0 Å². The van der Waals surface area contributed by atoms with Crippen molar-refractivity contribution in [3.8, 4) is 11.1 Å². The molecule has 0 unspecified atom stereocenters. The van der Waals surface area contributed by atoms with Crippen LogP contribution < -0.4 is 0 Å². The van der Waals surface area contributed by atoms with Crippen molar-refractivity contribution in [3.63, 3.8) is 0 Å². The lowest BCUT2D eigenvalue weighted by Gasteiger charge is -2.28. The minimum Gasteiger partial charge on any atom is -0.443 e. The highest BCUT2D eigenvalue weighted by Crippen LogP contribution is 2.57. The Morgan fingerprint density at radius 3 is 1.24 bits per heavy atom. The van der Waals surface area contributed by atoms with Gasteiger partial charge in [-0.1, -0.05) is 116 Å². The van der Waals surface area contributed by atoms with E-state index in [4.69, 9.17) is 9.47 Å². The van der Waals surface area contributed by atoms with Gasteiger partial charge in [0.25, 0.3) is 0 Å². The van der Waals surface area contributed by atoms with Crippen molar-refractivity contribution in [2.75, 3.05) is 6.54 Å². The Labute approximate surface area is 295 Å². The number of hydrogen-bond donors (Lipinski definition) is 0. The first-order valence-corrected chi connectivity index (χ1v) is 18.0. The molecule has 6 aromatic rings. The summed E-state index contributed by atoms with van der Waals surface area (Å²) in [6.45, 7) is 11.1. The van der Waals surface area contributed by atoms with E-state index in [1.54, 1.807) is 41.5 Å². The number of carbonyl (C=O) groups excluding carboxylic acids is 2. The number of nitrogens with zero attached hydrogens (tertiary/aromatic N) is 1. The second kappa shape index (κ2) is 13.1. The first kappa shape index (κ1) is 33.6. The molecule has 5 nitrogen and oxygen atoms in total. The summed E-state index contributed by atoms with van der Waals surface area (Å²) in [5.41, 5.74) is 4.22. The molecule has 6 aromatic carbocycles. The van der Waals surface area contributed by atoms with Gasteiger partial charge in [0.15, 0.2) is 0 Å². The Morgan fingerprint density at radius 2 is 0.840 bits per heavy atom. The number of amides is 2. The molecule has 0 aromatic heterocycles. The van der Waals surface area contributed by atoms with E-state index < -0.39 is 23.4 Å². The first-order valence-electron chi connectivity index (χ1n) is 18.0.